The number of rotatable bonds is 5. The van der Waals surface area contributed by atoms with Crippen molar-refractivity contribution in [3.63, 3.8) is 0 Å². The number of anilines is 1. The van der Waals surface area contributed by atoms with E-state index in [1.165, 1.54) is 5.56 Å². The average molecular weight is 446 g/mol. The molecule has 0 amide bonds. The number of hydrogen-bond acceptors (Lipinski definition) is 5. The highest BCUT2D eigenvalue weighted by Crippen LogP contribution is 2.47. The van der Waals surface area contributed by atoms with Crippen LogP contribution in [0.4, 0.5) is 17.1 Å². The van der Waals surface area contributed by atoms with Gasteiger partial charge in [0.2, 0.25) is 0 Å². The van der Waals surface area contributed by atoms with Crippen LogP contribution < -0.4 is 4.90 Å². The molecule has 0 aromatic heterocycles. The minimum Gasteiger partial charge on any atom is -0.357 e. The first-order valence-electron chi connectivity index (χ1n) is 11.0. The first kappa shape index (κ1) is 22.5. The molecule has 1 heterocycles. The summed E-state index contributed by atoms with van der Waals surface area (Å²) in [5.74, 6) is 0. The van der Waals surface area contributed by atoms with Crippen molar-refractivity contribution in [3.8, 4) is 0 Å². The molecule has 7 nitrogen and oxygen atoms in total. The Balaban J connectivity index is 1.73. The van der Waals surface area contributed by atoms with Crippen LogP contribution in [0.2, 0.25) is 0 Å². The van der Waals surface area contributed by atoms with Gasteiger partial charge < -0.3 is 4.90 Å². The van der Waals surface area contributed by atoms with Crippen molar-refractivity contribution in [1.82, 2.24) is 0 Å². The first-order valence-corrected chi connectivity index (χ1v) is 11.0. The third kappa shape index (κ3) is 4.58. The Kier molecular flexibility index (Phi) is 5.89. The van der Waals surface area contributed by atoms with E-state index in [0.29, 0.717) is 0 Å². The number of nitrogens with zero attached hydrogens (tertiary/aromatic N) is 3. The van der Waals surface area contributed by atoms with Crippen LogP contribution >= 0.6 is 0 Å². The predicted octanol–water partition coefficient (Wildman–Crippen LogP) is 6.88. The maximum Gasteiger partial charge on any atom is 0.269 e. The molecule has 3 aromatic carbocycles. The third-order valence-electron chi connectivity index (χ3n) is 6.39. The molecule has 0 unspecified atom stereocenters. The molecule has 33 heavy (non-hydrogen) atoms. The Morgan fingerprint density at radius 2 is 1.09 bits per heavy atom. The third-order valence-corrected chi connectivity index (χ3v) is 6.39. The Labute approximate surface area is 193 Å². The number of hydrogen-bond donors (Lipinski definition) is 0. The Morgan fingerprint density at radius 3 is 1.42 bits per heavy atom. The Hall–Kier alpha value is -3.74. The summed E-state index contributed by atoms with van der Waals surface area (Å²) in [7, 11) is 0. The van der Waals surface area contributed by atoms with Gasteiger partial charge in [-0.05, 0) is 47.1 Å². The van der Waals surface area contributed by atoms with Crippen molar-refractivity contribution in [3.05, 3.63) is 110 Å². The van der Waals surface area contributed by atoms with Crippen LogP contribution in [0.5, 0.6) is 0 Å². The minimum atomic E-state index is -0.388. The lowest BCUT2D eigenvalue weighted by atomic mass is 9.87. The van der Waals surface area contributed by atoms with E-state index in [2.05, 4.69) is 49.9 Å². The lowest BCUT2D eigenvalue weighted by Gasteiger charge is -2.34. The number of benzene rings is 3. The van der Waals surface area contributed by atoms with Crippen LogP contribution in [0.3, 0.4) is 0 Å². The molecule has 2 atom stereocenters. The van der Waals surface area contributed by atoms with Gasteiger partial charge in [-0.1, -0.05) is 57.2 Å². The highest BCUT2D eigenvalue weighted by molar-refractivity contribution is 5.55. The van der Waals surface area contributed by atoms with Crippen LogP contribution in [-0.2, 0) is 5.41 Å². The molecule has 0 spiro atoms. The summed E-state index contributed by atoms with van der Waals surface area (Å²) in [5, 5.41) is 22.2. The van der Waals surface area contributed by atoms with Crippen LogP contribution in [0.25, 0.3) is 0 Å². The molecule has 1 fully saturated rings. The van der Waals surface area contributed by atoms with E-state index in [1.807, 2.05) is 24.3 Å². The molecule has 1 saturated heterocycles. The van der Waals surface area contributed by atoms with E-state index in [-0.39, 0.29) is 38.7 Å². The summed E-state index contributed by atoms with van der Waals surface area (Å²) < 4.78 is 0. The quantitative estimate of drug-likeness (QED) is 0.315. The van der Waals surface area contributed by atoms with E-state index < -0.39 is 0 Å². The second kappa shape index (κ2) is 8.65. The maximum atomic E-state index is 11.1. The largest absolute Gasteiger partial charge is 0.357 e. The zero-order chi connectivity index (χ0) is 23.8. The lowest BCUT2D eigenvalue weighted by molar-refractivity contribution is -0.385. The highest BCUT2D eigenvalue weighted by Gasteiger charge is 2.36. The van der Waals surface area contributed by atoms with Crippen LogP contribution in [-0.4, -0.2) is 9.85 Å². The van der Waals surface area contributed by atoms with Gasteiger partial charge in [-0.15, -0.1) is 0 Å². The average Bonchev–Trinajstić information content (AvgIpc) is 3.24. The van der Waals surface area contributed by atoms with Crippen molar-refractivity contribution in [2.75, 3.05) is 4.90 Å². The van der Waals surface area contributed by atoms with Gasteiger partial charge in [0.05, 0.1) is 21.9 Å². The molecule has 0 aliphatic carbocycles. The molecule has 3 aromatic rings. The molecule has 0 N–H and O–H groups in total. The molecular weight excluding hydrogens is 418 g/mol. The van der Waals surface area contributed by atoms with Gasteiger partial charge in [-0.3, -0.25) is 20.2 Å². The van der Waals surface area contributed by atoms with Crippen molar-refractivity contribution in [2.24, 2.45) is 0 Å². The van der Waals surface area contributed by atoms with Gasteiger partial charge in [0.1, 0.15) is 0 Å². The Morgan fingerprint density at radius 1 is 0.697 bits per heavy atom. The standard InChI is InChI=1S/C26H27N3O4/c1-26(2,3)20-8-14-21(15-9-20)27-24(18-4-10-22(11-5-18)28(30)31)16-17-25(27)19-6-12-23(13-7-19)29(32)33/h4-15,24-25H,16-17H2,1-3H3/t24-,25-/m0/s1. The van der Waals surface area contributed by atoms with E-state index in [0.717, 1.165) is 29.7 Å². The summed E-state index contributed by atoms with van der Waals surface area (Å²) in [6, 6.07) is 22.2. The molecule has 0 saturated carbocycles. The van der Waals surface area contributed by atoms with E-state index in [4.69, 9.17) is 0 Å². The smallest absolute Gasteiger partial charge is 0.269 e. The lowest BCUT2D eigenvalue weighted by Crippen LogP contribution is -2.26. The monoisotopic (exact) mass is 445 g/mol. The highest BCUT2D eigenvalue weighted by atomic mass is 16.6. The number of non-ortho nitro benzene ring substituents is 2. The molecule has 0 radical (unpaired) electrons. The van der Waals surface area contributed by atoms with Crippen LogP contribution in [0.1, 0.15) is 62.4 Å². The second-order valence-corrected chi connectivity index (χ2v) is 9.51. The summed E-state index contributed by atoms with van der Waals surface area (Å²) in [4.78, 5) is 23.8. The number of nitro groups is 2. The molecule has 1 aliphatic heterocycles. The fourth-order valence-electron chi connectivity index (χ4n) is 4.60. The van der Waals surface area contributed by atoms with E-state index in [1.54, 1.807) is 24.3 Å². The zero-order valence-electron chi connectivity index (χ0n) is 19.0. The van der Waals surface area contributed by atoms with Gasteiger partial charge in [-0.2, -0.15) is 0 Å². The summed E-state index contributed by atoms with van der Waals surface area (Å²) in [6.07, 6.45) is 1.75. The molecule has 1 aliphatic rings. The van der Waals surface area contributed by atoms with E-state index in [9.17, 15) is 20.2 Å². The Bertz CT molecular complexity index is 1080. The fraction of sp³-hybridized carbons (Fsp3) is 0.308. The molecule has 0 bridgehead atoms. The molecule has 7 heteroatoms. The molecule has 170 valence electrons. The number of nitro benzene ring substituents is 2. The maximum absolute atomic E-state index is 11.1. The van der Waals surface area contributed by atoms with Gasteiger partial charge in [0, 0.05) is 30.0 Å². The SMILES string of the molecule is CC(C)(C)c1ccc(N2[C@H](c3ccc([N+](=O)[O-])cc3)CC[C@H]2c2ccc([N+](=O)[O-])cc2)cc1. The second-order valence-electron chi connectivity index (χ2n) is 9.51. The topological polar surface area (TPSA) is 89.5 Å². The van der Waals surface area contributed by atoms with E-state index >= 15 is 0 Å². The van der Waals surface area contributed by atoms with Crippen molar-refractivity contribution in [2.45, 2.75) is 51.1 Å². The zero-order valence-corrected chi connectivity index (χ0v) is 19.0. The summed E-state index contributed by atoms with van der Waals surface area (Å²) >= 11 is 0. The van der Waals surface area contributed by atoms with Gasteiger partial charge in [-0.25, -0.2) is 0 Å². The summed E-state index contributed by atoms with van der Waals surface area (Å²) in [5.41, 5.74) is 4.53. The molecular formula is C26H27N3O4. The van der Waals surface area contributed by atoms with Crippen LogP contribution in [0.15, 0.2) is 72.8 Å². The normalized spacial score (nSPS) is 18.3. The first-order chi connectivity index (χ1) is 15.6. The van der Waals surface area contributed by atoms with Crippen molar-refractivity contribution >= 4 is 17.1 Å². The van der Waals surface area contributed by atoms with Crippen LogP contribution in [0, 0.1) is 20.2 Å². The van der Waals surface area contributed by atoms with Gasteiger partial charge >= 0.3 is 0 Å². The minimum absolute atomic E-state index is 0.0407. The fourth-order valence-corrected chi connectivity index (χ4v) is 4.60. The van der Waals surface area contributed by atoms with Crippen molar-refractivity contribution < 1.29 is 9.85 Å². The van der Waals surface area contributed by atoms with Crippen molar-refractivity contribution in [1.29, 1.82) is 0 Å². The predicted molar refractivity (Wildman–Crippen MR) is 129 cm³/mol. The molecule has 4 rings (SSSR count). The van der Waals surface area contributed by atoms with Gasteiger partial charge in [0.25, 0.3) is 11.4 Å². The van der Waals surface area contributed by atoms with Gasteiger partial charge in [0.15, 0.2) is 0 Å². The summed E-state index contributed by atoms with van der Waals surface area (Å²) in [6.45, 7) is 6.53.